The summed E-state index contributed by atoms with van der Waals surface area (Å²) in [7, 11) is 0. The SMILES string of the molecule is O=C(NC[C@@H]1CCCO1)C(=O)Nc1ccc2c(c1)CCCN2C(=O)c1cccs1. The average molecular weight is 413 g/mol. The number of hydrogen-bond donors (Lipinski definition) is 2. The Morgan fingerprint density at radius 2 is 2.07 bits per heavy atom. The normalized spacial score (nSPS) is 18.2. The van der Waals surface area contributed by atoms with E-state index in [1.165, 1.54) is 11.3 Å². The molecule has 8 heteroatoms. The van der Waals surface area contributed by atoms with Gasteiger partial charge in [0.1, 0.15) is 0 Å². The largest absolute Gasteiger partial charge is 0.376 e. The fourth-order valence-corrected chi connectivity index (χ4v) is 4.37. The van der Waals surface area contributed by atoms with E-state index >= 15 is 0 Å². The van der Waals surface area contributed by atoms with Gasteiger partial charge in [0, 0.05) is 31.1 Å². The van der Waals surface area contributed by atoms with E-state index in [0.29, 0.717) is 30.3 Å². The number of nitrogens with zero attached hydrogens (tertiary/aromatic N) is 1. The van der Waals surface area contributed by atoms with Crippen LogP contribution in [0.2, 0.25) is 0 Å². The zero-order valence-electron chi connectivity index (χ0n) is 16.0. The topological polar surface area (TPSA) is 87.7 Å². The average Bonchev–Trinajstić information content (AvgIpc) is 3.45. The minimum Gasteiger partial charge on any atom is -0.376 e. The van der Waals surface area contributed by atoms with Crippen molar-refractivity contribution in [3.63, 3.8) is 0 Å². The van der Waals surface area contributed by atoms with Gasteiger partial charge in [-0.05, 0) is 60.9 Å². The zero-order valence-corrected chi connectivity index (χ0v) is 16.8. The summed E-state index contributed by atoms with van der Waals surface area (Å²) < 4.78 is 5.44. The predicted molar refractivity (Wildman–Crippen MR) is 111 cm³/mol. The lowest BCUT2D eigenvalue weighted by atomic mass is 10.0. The maximum Gasteiger partial charge on any atom is 0.313 e. The number of thiophene rings is 1. The van der Waals surface area contributed by atoms with Gasteiger partial charge < -0.3 is 20.3 Å². The molecule has 0 spiro atoms. The van der Waals surface area contributed by atoms with Crippen molar-refractivity contribution in [2.45, 2.75) is 31.8 Å². The highest BCUT2D eigenvalue weighted by atomic mass is 32.1. The number of anilines is 2. The number of fused-ring (bicyclic) bond motifs is 1. The first-order valence-corrected chi connectivity index (χ1v) is 10.7. The molecule has 29 heavy (non-hydrogen) atoms. The van der Waals surface area contributed by atoms with Crippen LogP contribution in [0.4, 0.5) is 11.4 Å². The molecule has 1 saturated heterocycles. The Morgan fingerprint density at radius 3 is 2.83 bits per heavy atom. The Kier molecular flexibility index (Phi) is 5.92. The van der Waals surface area contributed by atoms with E-state index in [1.54, 1.807) is 11.0 Å². The van der Waals surface area contributed by atoms with Crippen LogP contribution in [0.5, 0.6) is 0 Å². The van der Waals surface area contributed by atoms with Gasteiger partial charge in [-0.3, -0.25) is 14.4 Å². The van der Waals surface area contributed by atoms with Gasteiger partial charge in [-0.2, -0.15) is 0 Å². The molecule has 4 rings (SSSR count). The summed E-state index contributed by atoms with van der Waals surface area (Å²) in [5.74, 6) is -1.38. The Labute approximate surface area is 173 Å². The summed E-state index contributed by atoms with van der Waals surface area (Å²) in [5, 5.41) is 7.15. The van der Waals surface area contributed by atoms with E-state index in [0.717, 1.165) is 36.9 Å². The van der Waals surface area contributed by atoms with E-state index in [2.05, 4.69) is 10.6 Å². The van der Waals surface area contributed by atoms with Gasteiger partial charge in [0.05, 0.1) is 11.0 Å². The lowest BCUT2D eigenvalue weighted by Gasteiger charge is -2.29. The molecule has 2 aliphatic heterocycles. The molecule has 7 nitrogen and oxygen atoms in total. The van der Waals surface area contributed by atoms with E-state index in [-0.39, 0.29) is 12.0 Å². The van der Waals surface area contributed by atoms with Crippen LogP contribution in [0.3, 0.4) is 0 Å². The Hall–Kier alpha value is -2.71. The second-order valence-corrected chi connectivity index (χ2v) is 8.13. The third-order valence-electron chi connectivity index (χ3n) is 5.15. The van der Waals surface area contributed by atoms with Gasteiger partial charge in [-0.25, -0.2) is 0 Å². The fraction of sp³-hybridized carbons (Fsp3) is 0.381. The molecule has 2 aliphatic rings. The van der Waals surface area contributed by atoms with Crippen molar-refractivity contribution >= 4 is 40.4 Å². The van der Waals surface area contributed by atoms with Crippen LogP contribution < -0.4 is 15.5 Å². The van der Waals surface area contributed by atoms with Crippen molar-refractivity contribution in [1.82, 2.24) is 5.32 Å². The van der Waals surface area contributed by atoms with Crippen LogP contribution in [-0.4, -0.2) is 43.5 Å². The molecule has 1 fully saturated rings. The summed E-state index contributed by atoms with van der Waals surface area (Å²) in [6.07, 6.45) is 3.53. The summed E-state index contributed by atoms with van der Waals surface area (Å²) in [5.41, 5.74) is 2.39. The van der Waals surface area contributed by atoms with Crippen molar-refractivity contribution in [1.29, 1.82) is 0 Å². The zero-order chi connectivity index (χ0) is 20.2. The molecule has 0 unspecified atom stereocenters. The first-order valence-electron chi connectivity index (χ1n) is 9.81. The first kappa shape index (κ1) is 19.6. The Balaban J connectivity index is 1.40. The monoisotopic (exact) mass is 413 g/mol. The van der Waals surface area contributed by atoms with Crippen molar-refractivity contribution in [2.75, 3.05) is 29.9 Å². The highest BCUT2D eigenvalue weighted by Gasteiger charge is 2.25. The number of carbonyl (C=O) groups is 3. The molecular weight excluding hydrogens is 390 g/mol. The van der Waals surface area contributed by atoms with Crippen molar-refractivity contribution in [3.8, 4) is 0 Å². The molecule has 0 aliphatic carbocycles. The third-order valence-corrected chi connectivity index (χ3v) is 6.01. The summed E-state index contributed by atoms with van der Waals surface area (Å²) in [6.45, 7) is 1.71. The smallest absolute Gasteiger partial charge is 0.313 e. The Bertz CT molecular complexity index is 907. The van der Waals surface area contributed by atoms with Gasteiger partial charge in [-0.1, -0.05) is 6.07 Å². The van der Waals surface area contributed by atoms with Crippen LogP contribution in [-0.2, 0) is 20.7 Å². The summed E-state index contributed by atoms with van der Waals surface area (Å²) >= 11 is 1.43. The van der Waals surface area contributed by atoms with Crippen molar-refractivity contribution in [2.24, 2.45) is 0 Å². The maximum atomic E-state index is 12.8. The lowest BCUT2D eigenvalue weighted by Crippen LogP contribution is -2.39. The number of benzene rings is 1. The number of nitrogens with one attached hydrogen (secondary N) is 2. The van der Waals surface area contributed by atoms with Crippen molar-refractivity contribution in [3.05, 3.63) is 46.2 Å². The molecule has 1 aromatic heterocycles. The molecular formula is C21H23N3O4S. The molecule has 3 amide bonds. The molecule has 0 bridgehead atoms. The van der Waals surface area contributed by atoms with E-state index in [4.69, 9.17) is 4.74 Å². The maximum absolute atomic E-state index is 12.8. The molecule has 2 N–H and O–H groups in total. The second-order valence-electron chi connectivity index (χ2n) is 7.18. The van der Waals surface area contributed by atoms with Crippen LogP contribution in [0.15, 0.2) is 35.7 Å². The Morgan fingerprint density at radius 1 is 1.17 bits per heavy atom. The summed E-state index contributed by atoms with van der Waals surface area (Å²) in [4.78, 5) is 39.5. The van der Waals surface area contributed by atoms with Gasteiger partial charge in [-0.15, -0.1) is 11.3 Å². The third kappa shape index (κ3) is 4.49. The molecule has 3 heterocycles. The van der Waals surface area contributed by atoms with Crippen LogP contribution >= 0.6 is 11.3 Å². The first-order chi connectivity index (χ1) is 14.1. The number of amides is 3. The number of rotatable bonds is 4. The molecule has 2 aromatic rings. The van der Waals surface area contributed by atoms with Gasteiger partial charge in [0.15, 0.2) is 0 Å². The summed E-state index contributed by atoms with van der Waals surface area (Å²) in [6, 6.07) is 9.09. The number of carbonyl (C=O) groups excluding carboxylic acids is 3. The molecule has 0 saturated carbocycles. The van der Waals surface area contributed by atoms with Crippen LogP contribution in [0.1, 0.15) is 34.5 Å². The quantitative estimate of drug-likeness (QED) is 0.754. The van der Waals surface area contributed by atoms with Gasteiger partial charge in [0.25, 0.3) is 5.91 Å². The minimum absolute atomic E-state index is 0.00811. The van der Waals surface area contributed by atoms with Crippen molar-refractivity contribution < 1.29 is 19.1 Å². The second kappa shape index (κ2) is 8.75. The van der Waals surface area contributed by atoms with E-state index in [1.807, 2.05) is 29.6 Å². The number of ether oxygens (including phenoxy) is 1. The van der Waals surface area contributed by atoms with E-state index in [9.17, 15) is 14.4 Å². The fourth-order valence-electron chi connectivity index (χ4n) is 3.70. The van der Waals surface area contributed by atoms with Gasteiger partial charge >= 0.3 is 11.8 Å². The molecule has 152 valence electrons. The highest BCUT2D eigenvalue weighted by molar-refractivity contribution is 7.12. The van der Waals surface area contributed by atoms with Crippen LogP contribution in [0.25, 0.3) is 0 Å². The highest BCUT2D eigenvalue weighted by Crippen LogP contribution is 2.31. The molecule has 1 atom stereocenters. The van der Waals surface area contributed by atoms with E-state index < -0.39 is 11.8 Å². The predicted octanol–water partition coefficient (Wildman–Crippen LogP) is 2.57. The lowest BCUT2D eigenvalue weighted by molar-refractivity contribution is -0.136. The minimum atomic E-state index is -0.703. The molecule has 1 aromatic carbocycles. The van der Waals surface area contributed by atoms with Gasteiger partial charge in [0.2, 0.25) is 0 Å². The molecule has 0 radical (unpaired) electrons. The standard InChI is InChI=1S/C21H23N3O4S/c25-19(22-13-16-5-2-10-28-16)20(26)23-15-7-8-17-14(12-15)4-1-9-24(17)21(27)18-6-3-11-29-18/h3,6-8,11-12,16H,1-2,4-5,9-10,13H2,(H,22,25)(H,23,26)/t16-/m0/s1. The number of aryl methyl sites for hydroxylation is 1. The number of hydrogen-bond acceptors (Lipinski definition) is 5. The van der Waals surface area contributed by atoms with Crippen LogP contribution in [0, 0.1) is 0 Å².